The number of nitrogens with zero attached hydrogens (tertiary/aromatic N) is 2. The lowest BCUT2D eigenvalue weighted by molar-refractivity contribution is 0.0784. The molecule has 2 amide bonds. The largest absolute Gasteiger partial charge is 0.355 e. The van der Waals surface area contributed by atoms with Crippen LogP contribution in [0.5, 0.6) is 0 Å². The second kappa shape index (κ2) is 6.01. The summed E-state index contributed by atoms with van der Waals surface area (Å²) in [4.78, 5) is 25.1. The molecule has 1 aromatic carbocycles. The predicted molar refractivity (Wildman–Crippen MR) is 74.2 cm³/mol. The van der Waals surface area contributed by atoms with Gasteiger partial charge in [0.25, 0.3) is 11.8 Å². The summed E-state index contributed by atoms with van der Waals surface area (Å²) in [6.07, 6.45) is 3.06. The van der Waals surface area contributed by atoms with E-state index in [4.69, 9.17) is 0 Å². The third kappa shape index (κ3) is 3.03. The molecule has 0 saturated heterocycles. The van der Waals surface area contributed by atoms with Gasteiger partial charge < -0.3 is 10.2 Å². The topological polar surface area (TPSA) is 78.1 Å². The molecule has 20 heavy (non-hydrogen) atoms. The number of hydrogen-bond donors (Lipinski definition) is 2. The van der Waals surface area contributed by atoms with Crippen LogP contribution in [0.1, 0.15) is 26.3 Å². The summed E-state index contributed by atoms with van der Waals surface area (Å²) in [5, 5.41) is 8.93. The Kier molecular flexibility index (Phi) is 4.14. The first kappa shape index (κ1) is 13.8. The van der Waals surface area contributed by atoms with E-state index in [0.717, 1.165) is 5.56 Å². The molecule has 2 N–H and O–H groups in total. The van der Waals surface area contributed by atoms with Gasteiger partial charge in [-0.25, -0.2) is 0 Å². The van der Waals surface area contributed by atoms with E-state index < -0.39 is 0 Å². The monoisotopic (exact) mass is 272 g/mol. The number of rotatable bonds is 4. The number of carbonyl (C=O) groups excluding carboxylic acids is 2. The Hall–Kier alpha value is -2.63. The molecule has 104 valence electrons. The number of amides is 2. The molecular weight excluding hydrogens is 256 g/mol. The van der Waals surface area contributed by atoms with Gasteiger partial charge in [0.15, 0.2) is 0 Å². The van der Waals surface area contributed by atoms with Gasteiger partial charge in [-0.1, -0.05) is 12.1 Å². The molecule has 0 aliphatic carbocycles. The summed E-state index contributed by atoms with van der Waals surface area (Å²) in [6.45, 7) is 0.470. The zero-order valence-electron chi connectivity index (χ0n) is 11.4. The van der Waals surface area contributed by atoms with Gasteiger partial charge in [-0.3, -0.25) is 14.7 Å². The summed E-state index contributed by atoms with van der Waals surface area (Å²) in [6, 6.07) is 7.15. The van der Waals surface area contributed by atoms with Crippen LogP contribution >= 0.6 is 0 Å². The van der Waals surface area contributed by atoms with Crippen molar-refractivity contribution in [1.29, 1.82) is 0 Å². The van der Waals surface area contributed by atoms with E-state index >= 15 is 0 Å². The summed E-state index contributed by atoms with van der Waals surface area (Å²) in [5.74, 6) is -0.228. The van der Waals surface area contributed by atoms with E-state index in [0.29, 0.717) is 17.7 Å². The van der Waals surface area contributed by atoms with Gasteiger partial charge in [0.2, 0.25) is 0 Å². The SMILES string of the molecule is CNC(=O)c1ccc(CN(C)C(=O)c2cn[nH]c2)cc1. The highest BCUT2D eigenvalue weighted by Crippen LogP contribution is 2.09. The molecule has 6 nitrogen and oxygen atoms in total. The van der Waals surface area contributed by atoms with Crippen LogP contribution < -0.4 is 5.32 Å². The van der Waals surface area contributed by atoms with E-state index in [9.17, 15) is 9.59 Å². The van der Waals surface area contributed by atoms with Crippen LogP contribution in [-0.2, 0) is 6.54 Å². The molecule has 0 saturated carbocycles. The molecule has 0 bridgehead atoms. The average Bonchev–Trinajstić information content (AvgIpc) is 3.00. The third-order valence-electron chi connectivity index (χ3n) is 2.95. The van der Waals surface area contributed by atoms with Crippen molar-refractivity contribution in [2.24, 2.45) is 0 Å². The molecule has 0 fully saturated rings. The molecule has 0 unspecified atom stereocenters. The molecule has 6 heteroatoms. The lowest BCUT2D eigenvalue weighted by Crippen LogP contribution is -2.26. The van der Waals surface area contributed by atoms with Gasteiger partial charge in [0.1, 0.15) is 0 Å². The van der Waals surface area contributed by atoms with Crippen molar-refractivity contribution in [3.63, 3.8) is 0 Å². The smallest absolute Gasteiger partial charge is 0.257 e. The number of nitrogens with one attached hydrogen (secondary N) is 2. The van der Waals surface area contributed by atoms with Crippen LogP contribution in [0.3, 0.4) is 0 Å². The number of hydrogen-bond acceptors (Lipinski definition) is 3. The highest BCUT2D eigenvalue weighted by molar-refractivity contribution is 5.94. The van der Waals surface area contributed by atoms with Gasteiger partial charge in [-0.2, -0.15) is 5.10 Å². The van der Waals surface area contributed by atoms with Gasteiger partial charge in [0.05, 0.1) is 11.8 Å². The molecule has 1 heterocycles. The van der Waals surface area contributed by atoms with E-state index in [1.54, 1.807) is 37.3 Å². The van der Waals surface area contributed by atoms with E-state index in [1.165, 1.54) is 6.20 Å². The predicted octanol–water partition coefficient (Wildman–Crippen LogP) is 1.04. The van der Waals surface area contributed by atoms with Crippen LogP contribution in [0, 0.1) is 0 Å². The van der Waals surface area contributed by atoms with Crippen molar-refractivity contribution in [1.82, 2.24) is 20.4 Å². The van der Waals surface area contributed by atoms with Crippen molar-refractivity contribution in [2.75, 3.05) is 14.1 Å². The molecule has 1 aromatic heterocycles. The van der Waals surface area contributed by atoms with Crippen LogP contribution in [-0.4, -0.2) is 41.0 Å². The van der Waals surface area contributed by atoms with Crippen molar-refractivity contribution >= 4 is 11.8 Å². The minimum absolute atomic E-state index is 0.103. The Morgan fingerprint density at radius 3 is 2.50 bits per heavy atom. The number of H-pyrrole nitrogens is 1. The Balaban J connectivity index is 2.03. The molecule has 0 spiro atoms. The molecule has 0 atom stereocenters. The number of carbonyl (C=O) groups is 2. The number of aromatic nitrogens is 2. The van der Waals surface area contributed by atoms with Gasteiger partial charge >= 0.3 is 0 Å². The van der Waals surface area contributed by atoms with Gasteiger partial charge in [0, 0.05) is 32.4 Å². The van der Waals surface area contributed by atoms with E-state index in [-0.39, 0.29) is 11.8 Å². The van der Waals surface area contributed by atoms with Gasteiger partial charge in [-0.15, -0.1) is 0 Å². The van der Waals surface area contributed by atoms with Crippen molar-refractivity contribution in [3.8, 4) is 0 Å². The zero-order valence-corrected chi connectivity index (χ0v) is 11.4. The summed E-state index contributed by atoms with van der Waals surface area (Å²) in [7, 11) is 3.32. The Bertz CT molecular complexity index is 590. The van der Waals surface area contributed by atoms with E-state index in [2.05, 4.69) is 15.5 Å². The first-order valence-electron chi connectivity index (χ1n) is 6.17. The summed E-state index contributed by atoms with van der Waals surface area (Å²) >= 11 is 0. The van der Waals surface area contributed by atoms with Gasteiger partial charge in [-0.05, 0) is 17.7 Å². The second-order valence-corrected chi connectivity index (χ2v) is 4.42. The fraction of sp³-hybridized carbons (Fsp3) is 0.214. The van der Waals surface area contributed by atoms with Crippen LogP contribution in [0.25, 0.3) is 0 Å². The fourth-order valence-corrected chi connectivity index (χ4v) is 1.84. The molecule has 2 rings (SSSR count). The fourth-order valence-electron chi connectivity index (χ4n) is 1.84. The first-order valence-corrected chi connectivity index (χ1v) is 6.17. The molecule has 0 aliphatic heterocycles. The first-order chi connectivity index (χ1) is 9.61. The average molecular weight is 272 g/mol. The molecule has 2 aromatic rings. The lowest BCUT2D eigenvalue weighted by atomic mass is 10.1. The Labute approximate surface area is 116 Å². The summed E-state index contributed by atoms with van der Waals surface area (Å²) < 4.78 is 0. The zero-order chi connectivity index (χ0) is 14.5. The van der Waals surface area contributed by atoms with Crippen LogP contribution in [0.4, 0.5) is 0 Å². The normalized spacial score (nSPS) is 10.1. The van der Waals surface area contributed by atoms with Crippen molar-refractivity contribution in [2.45, 2.75) is 6.54 Å². The Morgan fingerprint density at radius 2 is 1.95 bits per heavy atom. The maximum absolute atomic E-state index is 12.0. The minimum Gasteiger partial charge on any atom is -0.355 e. The highest BCUT2D eigenvalue weighted by atomic mass is 16.2. The number of aromatic amines is 1. The van der Waals surface area contributed by atoms with E-state index in [1.807, 2.05) is 12.1 Å². The van der Waals surface area contributed by atoms with Crippen molar-refractivity contribution < 1.29 is 9.59 Å². The molecule has 0 aliphatic rings. The Morgan fingerprint density at radius 1 is 1.25 bits per heavy atom. The third-order valence-corrected chi connectivity index (χ3v) is 2.95. The maximum Gasteiger partial charge on any atom is 0.257 e. The highest BCUT2D eigenvalue weighted by Gasteiger charge is 2.13. The maximum atomic E-state index is 12.0. The van der Waals surface area contributed by atoms with Crippen LogP contribution in [0.15, 0.2) is 36.7 Å². The molecular formula is C14H16N4O2. The molecule has 0 radical (unpaired) electrons. The quantitative estimate of drug-likeness (QED) is 0.873. The van der Waals surface area contributed by atoms with Crippen molar-refractivity contribution in [3.05, 3.63) is 53.3 Å². The summed E-state index contributed by atoms with van der Waals surface area (Å²) in [5.41, 5.74) is 2.08. The lowest BCUT2D eigenvalue weighted by Gasteiger charge is -2.16. The second-order valence-electron chi connectivity index (χ2n) is 4.42. The minimum atomic E-state index is -0.126. The standard InChI is InChI=1S/C14H16N4O2/c1-15-13(19)11-5-3-10(4-6-11)9-18(2)14(20)12-7-16-17-8-12/h3-8H,9H2,1-2H3,(H,15,19)(H,16,17). The number of benzene rings is 1. The van der Waals surface area contributed by atoms with Crippen LogP contribution in [0.2, 0.25) is 0 Å².